The van der Waals surface area contributed by atoms with Crippen LogP contribution in [0.2, 0.25) is 0 Å². The third-order valence-corrected chi connectivity index (χ3v) is 3.60. The van der Waals surface area contributed by atoms with Crippen molar-refractivity contribution < 1.29 is 9.90 Å². The van der Waals surface area contributed by atoms with Crippen molar-refractivity contribution in [2.75, 3.05) is 0 Å². The first-order valence-corrected chi connectivity index (χ1v) is 7.16. The first-order chi connectivity index (χ1) is 11.0. The van der Waals surface area contributed by atoms with Crippen LogP contribution in [0.1, 0.15) is 18.5 Å². The Kier molecular flexibility index (Phi) is 3.84. The molecule has 0 aliphatic rings. The standard InChI is InChI=1S/C16H16N4O3/c1-11(12-4-6-14(21)7-5-12)18-15(22)10-20-16(23)19-8-2-3-13(19)9-17-20/h2-9,11,21H,10H2,1H3,(H,18,22)/t11-/m0/s1. The second kappa shape index (κ2) is 5.96. The number of nitrogens with one attached hydrogen (secondary N) is 1. The molecule has 0 fully saturated rings. The number of nitrogens with zero attached hydrogens (tertiary/aromatic N) is 3. The lowest BCUT2D eigenvalue weighted by molar-refractivity contribution is -0.122. The maximum absolute atomic E-state index is 12.2. The van der Waals surface area contributed by atoms with Gasteiger partial charge >= 0.3 is 5.69 Å². The lowest BCUT2D eigenvalue weighted by atomic mass is 10.1. The fourth-order valence-corrected chi connectivity index (χ4v) is 2.35. The fraction of sp³-hybridized carbons (Fsp3) is 0.188. The monoisotopic (exact) mass is 312 g/mol. The minimum absolute atomic E-state index is 0.157. The van der Waals surface area contributed by atoms with Gasteiger partial charge in [0.1, 0.15) is 12.3 Å². The van der Waals surface area contributed by atoms with Gasteiger partial charge < -0.3 is 10.4 Å². The maximum Gasteiger partial charge on any atom is 0.349 e. The van der Waals surface area contributed by atoms with Gasteiger partial charge in [-0.1, -0.05) is 12.1 Å². The molecule has 0 radical (unpaired) electrons. The van der Waals surface area contributed by atoms with Gasteiger partial charge in [0.15, 0.2) is 0 Å². The third-order valence-electron chi connectivity index (χ3n) is 3.60. The topological polar surface area (TPSA) is 88.6 Å². The van der Waals surface area contributed by atoms with Gasteiger partial charge in [0.2, 0.25) is 5.91 Å². The lowest BCUT2D eigenvalue weighted by Gasteiger charge is -2.14. The van der Waals surface area contributed by atoms with Gasteiger partial charge in [-0.3, -0.25) is 9.20 Å². The Bertz CT molecular complexity index is 896. The van der Waals surface area contributed by atoms with Crippen molar-refractivity contribution in [2.45, 2.75) is 19.5 Å². The molecule has 0 saturated heterocycles. The van der Waals surface area contributed by atoms with E-state index < -0.39 is 0 Å². The highest BCUT2D eigenvalue weighted by molar-refractivity contribution is 5.76. The highest BCUT2D eigenvalue weighted by atomic mass is 16.3. The molecule has 0 aliphatic heterocycles. The molecule has 118 valence electrons. The van der Waals surface area contributed by atoms with Crippen LogP contribution in [0.5, 0.6) is 5.75 Å². The van der Waals surface area contributed by atoms with Gasteiger partial charge in [-0.2, -0.15) is 5.10 Å². The van der Waals surface area contributed by atoms with Crippen LogP contribution < -0.4 is 11.0 Å². The van der Waals surface area contributed by atoms with Crippen LogP contribution in [0, 0.1) is 0 Å². The van der Waals surface area contributed by atoms with Crippen LogP contribution >= 0.6 is 0 Å². The van der Waals surface area contributed by atoms with Crippen LogP contribution in [0.4, 0.5) is 0 Å². The van der Waals surface area contributed by atoms with E-state index in [1.165, 1.54) is 10.6 Å². The van der Waals surface area contributed by atoms with E-state index in [4.69, 9.17) is 0 Å². The second-order valence-electron chi connectivity index (χ2n) is 5.27. The number of benzene rings is 1. The minimum atomic E-state index is -0.361. The molecule has 0 spiro atoms. The van der Waals surface area contributed by atoms with E-state index in [0.29, 0.717) is 5.52 Å². The maximum atomic E-state index is 12.2. The number of hydrogen-bond donors (Lipinski definition) is 2. The molecule has 2 heterocycles. The lowest BCUT2D eigenvalue weighted by Crippen LogP contribution is -2.36. The quantitative estimate of drug-likeness (QED) is 0.754. The molecule has 3 rings (SSSR count). The highest BCUT2D eigenvalue weighted by Gasteiger charge is 2.12. The van der Waals surface area contributed by atoms with Gasteiger partial charge in [-0.25, -0.2) is 9.48 Å². The van der Waals surface area contributed by atoms with Crippen molar-refractivity contribution in [2.24, 2.45) is 0 Å². The van der Waals surface area contributed by atoms with E-state index in [2.05, 4.69) is 10.4 Å². The fourth-order valence-electron chi connectivity index (χ4n) is 2.35. The van der Waals surface area contributed by atoms with Crippen LogP contribution in [0.3, 0.4) is 0 Å². The summed E-state index contributed by atoms with van der Waals surface area (Å²) in [7, 11) is 0. The first kappa shape index (κ1) is 14.8. The SMILES string of the molecule is C[C@H](NC(=O)Cn1ncc2cccn2c1=O)c1ccc(O)cc1. The highest BCUT2D eigenvalue weighted by Crippen LogP contribution is 2.16. The molecule has 0 saturated carbocycles. The van der Waals surface area contributed by atoms with Crippen LogP contribution in [-0.2, 0) is 11.3 Å². The van der Waals surface area contributed by atoms with Crippen molar-refractivity contribution in [1.82, 2.24) is 19.5 Å². The summed E-state index contributed by atoms with van der Waals surface area (Å²) in [6.45, 7) is 1.67. The number of phenols is 1. The smallest absolute Gasteiger partial charge is 0.349 e. The van der Waals surface area contributed by atoms with E-state index in [0.717, 1.165) is 10.2 Å². The van der Waals surface area contributed by atoms with E-state index in [-0.39, 0.29) is 29.9 Å². The number of hydrogen-bond acceptors (Lipinski definition) is 4. The Morgan fingerprint density at radius 1 is 1.30 bits per heavy atom. The Morgan fingerprint density at radius 2 is 2.04 bits per heavy atom. The molecule has 2 N–H and O–H groups in total. The minimum Gasteiger partial charge on any atom is -0.508 e. The van der Waals surface area contributed by atoms with Gasteiger partial charge in [-0.15, -0.1) is 0 Å². The van der Waals surface area contributed by atoms with E-state index in [9.17, 15) is 14.7 Å². The van der Waals surface area contributed by atoms with Crippen molar-refractivity contribution in [3.63, 3.8) is 0 Å². The third kappa shape index (κ3) is 3.08. The number of carbonyl (C=O) groups is 1. The summed E-state index contributed by atoms with van der Waals surface area (Å²) >= 11 is 0. The average molecular weight is 312 g/mol. The molecule has 2 aromatic heterocycles. The Hall–Kier alpha value is -3.09. The Morgan fingerprint density at radius 3 is 2.78 bits per heavy atom. The number of amides is 1. The van der Waals surface area contributed by atoms with Crippen LogP contribution in [0.25, 0.3) is 5.52 Å². The molecule has 0 bridgehead atoms. The summed E-state index contributed by atoms with van der Waals surface area (Å²) in [6.07, 6.45) is 3.17. The molecule has 7 heteroatoms. The Balaban J connectivity index is 1.72. The van der Waals surface area contributed by atoms with Gasteiger partial charge in [0.05, 0.1) is 17.8 Å². The summed E-state index contributed by atoms with van der Waals surface area (Å²) in [5, 5.41) is 16.1. The molecule has 1 aromatic carbocycles. The molecule has 1 amide bonds. The van der Waals surface area contributed by atoms with E-state index >= 15 is 0 Å². The number of phenolic OH excluding ortho intramolecular Hbond substituents is 1. The summed E-state index contributed by atoms with van der Waals surface area (Å²) in [5.74, 6) is -0.144. The Labute approximate surface area is 131 Å². The summed E-state index contributed by atoms with van der Waals surface area (Å²) in [6, 6.07) is 9.86. The number of aromatic nitrogens is 3. The first-order valence-electron chi connectivity index (χ1n) is 7.16. The normalized spacial score (nSPS) is 12.2. The largest absolute Gasteiger partial charge is 0.508 e. The summed E-state index contributed by atoms with van der Waals surface area (Å²) in [5.41, 5.74) is 1.18. The van der Waals surface area contributed by atoms with Crippen LogP contribution in [-0.4, -0.2) is 25.2 Å². The molecule has 1 atom stereocenters. The van der Waals surface area contributed by atoms with Crippen molar-refractivity contribution in [3.8, 4) is 5.75 Å². The number of fused-ring (bicyclic) bond motifs is 1. The van der Waals surface area contributed by atoms with E-state index in [1.807, 2.05) is 6.92 Å². The molecule has 0 aliphatic carbocycles. The second-order valence-corrected chi connectivity index (χ2v) is 5.27. The molecule has 23 heavy (non-hydrogen) atoms. The van der Waals surface area contributed by atoms with E-state index in [1.54, 1.807) is 42.6 Å². The number of carbonyl (C=O) groups excluding carboxylic acids is 1. The molecule has 3 aromatic rings. The van der Waals surface area contributed by atoms with Crippen molar-refractivity contribution in [3.05, 3.63) is 64.8 Å². The summed E-state index contributed by atoms with van der Waals surface area (Å²) < 4.78 is 2.55. The molecular formula is C16H16N4O3. The van der Waals surface area contributed by atoms with Gasteiger partial charge in [-0.05, 0) is 36.8 Å². The zero-order chi connectivity index (χ0) is 16.4. The molecular weight excluding hydrogens is 296 g/mol. The number of aromatic hydroxyl groups is 1. The molecule has 7 nitrogen and oxygen atoms in total. The zero-order valence-corrected chi connectivity index (χ0v) is 12.5. The molecule has 0 unspecified atom stereocenters. The number of rotatable bonds is 4. The predicted molar refractivity (Wildman–Crippen MR) is 84.1 cm³/mol. The van der Waals surface area contributed by atoms with Crippen molar-refractivity contribution >= 4 is 11.4 Å². The van der Waals surface area contributed by atoms with Crippen LogP contribution in [0.15, 0.2) is 53.6 Å². The van der Waals surface area contributed by atoms with Gasteiger partial charge in [0, 0.05) is 6.20 Å². The summed E-state index contributed by atoms with van der Waals surface area (Å²) in [4.78, 5) is 24.3. The predicted octanol–water partition coefficient (Wildman–Crippen LogP) is 1.08. The van der Waals surface area contributed by atoms with Gasteiger partial charge in [0.25, 0.3) is 0 Å². The zero-order valence-electron chi connectivity index (χ0n) is 12.5. The average Bonchev–Trinajstić information content (AvgIpc) is 3.00. The van der Waals surface area contributed by atoms with Crippen molar-refractivity contribution in [1.29, 1.82) is 0 Å².